The number of nitrogens with one attached hydrogen (secondary N) is 1. The van der Waals surface area contributed by atoms with Gasteiger partial charge in [0.15, 0.2) is 9.84 Å². The van der Waals surface area contributed by atoms with Crippen LogP contribution < -0.4 is 5.73 Å². The number of likely N-dealkylation sites (tertiary alicyclic amines) is 1. The number of amidine groups is 1. The average Bonchev–Trinajstić information content (AvgIpc) is 2.93. The Morgan fingerprint density at radius 3 is 2.90 bits per heavy atom. The van der Waals surface area contributed by atoms with Gasteiger partial charge in [-0.1, -0.05) is 12.1 Å². The second-order valence-electron chi connectivity index (χ2n) is 5.27. The summed E-state index contributed by atoms with van der Waals surface area (Å²) in [5, 5.41) is 16.6. The van der Waals surface area contributed by atoms with Crippen molar-refractivity contribution in [1.29, 1.82) is 5.41 Å². The van der Waals surface area contributed by atoms with Crippen LogP contribution in [0.15, 0.2) is 29.2 Å². The Balaban J connectivity index is 2.08. The van der Waals surface area contributed by atoms with Gasteiger partial charge in [-0.05, 0) is 31.5 Å². The predicted molar refractivity (Wildman–Crippen MR) is 81.2 cm³/mol. The van der Waals surface area contributed by atoms with Gasteiger partial charge in [0, 0.05) is 18.2 Å². The van der Waals surface area contributed by atoms with E-state index in [0.29, 0.717) is 12.1 Å². The van der Waals surface area contributed by atoms with Crippen LogP contribution in [-0.2, 0) is 9.84 Å². The highest BCUT2D eigenvalue weighted by Crippen LogP contribution is 2.18. The molecule has 116 valence electrons. The first-order chi connectivity index (χ1) is 9.94. The second-order valence-corrected chi connectivity index (χ2v) is 7.38. The van der Waals surface area contributed by atoms with Crippen molar-refractivity contribution in [2.75, 3.05) is 25.4 Å². The summed E-state index contributed by atoms with van der Waals surface area (Å²) >= 11 is 0. The smallest absolute Gasteiger partial charge is 0.179 e. The van der Waals surface area contributed by atoms with Crippen LogP contribution in [0, 0.1) is 5.41 Å². The quantitative estimate of drug-likeness (QED) is 0.514. The summed E-state index contributed by atoms with van der Waals surface area (Å²) in [4.78, 5) is 2.21. The lowest BCUT2D eigenvalue weighted by molar-refractivity contribution is 0.165. The van der Waals surface area contributed by atoms with E-state index in [1.165, 1.54) is 12.1 Å². The Labute approximate surface area is 125 Å². The zero-order valence-electron chi connectivity index (χ0n) is 11.8. The van der Waals surface area contributed by atoms with Crippen LogP contribution >= 0.6 is 0 Å². The van der Waals surface area contributed by atoms with Crippen LogP contribution in [0.2, 0.25) is 0 Å². The first-order valence-electron chi connectivity index (χ1n) is 6.96. The molecule has 1 saturated heterocycles. The molecule has 1 aromatic carbocycles. The number of hydrogen-bond acceptors (Lipinski definition) is 5. The van der Waals surface area contributed by atoms with Crippen molar-refractivity contribution in [3.63, 3.8) is 0 Å². The normalized spacial score (nSPS) is 19.8. The Bertz CT molecular complexity index is 616. The molecule has 1 aromatic rings. The van der Waals surface area contributed by atoms with Gasteiger partial charge in [0.25, 0.3) is 0 Å². The number of nitrogens with zero attached hydrogens (tertiary/aromatic N) is 1. The summed E-state index contributed by atoms with van der Waals surface area (Å²) in [6, 6.07) is 6.24. The highest BCUT2D eigenvalue weighted by molar-refractivity contribution is 7.91. The maximum Gasteiger partial charge on any atom is 0.179 e. The molecule has 1 heterocycles. The molecule has 4 N–H and O–H groups in total. The van der Waals surface area contributed by atoms with Gasteiger partial charge in [0.1, 0.15) is 5.84 Å². The number of hydrogen-bond donors (Lipinski definition) is 3. The molecule has 1 unspecified atom stereocenters. The topological polar surface area (TPSA) is 107 Å². The number of nitrogens with two attached hydrogens (primary N) is 1. The Morgan fingerprint density at radius 1 is 1.48 bits per heavy atom. The third kappa shape index (κ3) is 3.81. The van der Waals surface area contributed by atoms with E-state index in [4.69, 9.17) is 11.1 Å². The molecule has 7 heteroatoms. The van der Waals surface area contributed by atoms with E-state index in [-0.39, 0.29) is 29.1 Å². The van der Waals surface area contributed by atoms with Crippen LogP contribution in [0.3, 0.4) is 0 Å². The monoisotopic (exact) mass is 311 g/mol. The fraction of sp³-hybridized carbons (Fsp3) is 0.500. The van der Waals surface area contributed by atoms with Gasteiger partial charge in [-0.15, -0.1) is 0 Å². The molecular weight excluding hydrogens is 290 g/mol. The molecule has 0 saturated carbocycles. The van der Waals surface area contributed by atoms with E-state index < -0.39 is 9.84 Å². The highest BCUT2D eigenvalue weighted by atomic mass is 32.2. The van der Waals surface area contributed by atoms with Crippen molar-refractivity contribution in [2.45, 2.75) is 23.8 Å². The summed E-state index contributed by atoms with van der Waals surface area (Å²) < 4.78 is 24.7. The van der Waals surface area contributed by atoms with Gasteiger partial charge < -0.3 is 10.8 Å². The lowest BCUT2D eigenvalue weighted by Gasteiger charge is -2.22. The number of benzene rings is 1. The maximum atomic E-state index is 12.4. The van der Waals surface area contributed by atoms with Crippen molar-refractivity contribution >= 4 is 15.7 Å². The standard InChI is InChI=1S/C14H21N3O3S/c15-14(16)11-3-1-5-13(9-11)21(19,20)8-7-17-6-2-4-12(17)10-18/h1,3,5,9,12,18H,2,4,6-8,10H2,(H3,15,16). The lowest BCUT2D eigenvalue weighted by atomic mass is 10.2. The van der Waals surface area contributed by atoms with Crippen molar-refractivity contribution in [2.24, 2.45) is 5.73 Å². The van der Waals surface area contributed by atoms with Crippen molar-refractivity contribution in [3.8, 4) is 0 Å². The van der Waals surface area contributed by atoms with Crippen LogP contribution in [0.1, 0.15) is 18.4 Å². The number of aliphatic hydroxyl groups is 1. The van der Waals surface area contributed by atoms with Crippen molar-refractivity contribution in [3.05, 3.63) is 29.8 Å². The Hall–Kier alpha value is -1.44. The van der Waals surface area contributed by atoms with E-state index in [2.05, 4.69) is 0 Å². The van der Waals surface area contributed by atoms with Gasteiger partial charge in [-0.25, -0.2) is 8.42 Å². The summed E-state index contributed by atoms with van der Waals surface area (Å²) in [6.07, 6.45) is 1.90. The summed E-state index contributed by atoms with van der Waals surface area (Å²) in [6.45, 7) is 1.31. The van der Waals surface area contributed by atoms with E-state index in [9.17, 15) is 13.5 Å². The largest absolute Gasteiger partial charge is 0.395 e. The van der Waals surface area contributed by atoms with Crippen LogP contribution in [0.5, 0.6) is 0 Å². The zero-order valence-corrected chi connectivity index (χ0v) is 12.6. The first-order valence-corrected chi connectivity index (χ1v) is 8.61. The van der Waals surface area contributed by atoms with Crippen molar-refractivity contribution in [1.82, 2.24) is 4.90 Å². The Morgan fingerprint density at radius 2 is 2.24 bits per heavy atom. The first kappa shape index (κ1) is 15.9. The van der Waals surface area contributed by atoms with E-state index in [1.807, 2.05) is 4.90 Å². The molecule has 1 fully saturated rings. The average molecular weight is 311 g/mol. The molecule has 21 heavy (non-hydrogen) atoms. The minimum absolute atomic E-state index is 0.00482. The molecular formula is C14H21N3O3S. The third-order valence-corrected chi connectivity index (χ3v) is 5.55. The van der Waals surface area contributed by atoms with Crippen LogP contribution in [0.4, 0.5) is 0 Å². The molecule has 0 aliphatic carbocycles. The van der Waals surface area contributed by atoms with Gasteiger partial charge in [-0.2, -0.15) is 0 Å². The maximum absolute atomic E-state index is 12.4. The molecule has 0 radical (unpaired) electrons. The SMILES string of the molecule is N=C(N)c1cccc(S(=O)(=O)CCN2CCCC2CO)c1. The van der Waals surface area contributed by atoms with Crippen LogP contribution in [0.25, 0.3) is 0 Å². The fourth-order valence-corrected chi connectivity index (χ4v) is 3.91. The number of nitrogen functional groups attached to an aromatic ring is 1. The van der Waals surface area contributed by atoms with Crippen molar-refractivity contribution < 1.29 is 13.5 Å². The number of sulfone groups is 1. The van der Waals surface area contributed by atoms with Gasteiger partial charge >= 0.3 is 0 Å². The predicted octanol–water partition coefficient (Wildman–Crippen LogP) is 0.201. The van der Waals surface area contributed by atoms with Gasteiger partial charge in [0.2, 0.25) is 0 Å². The minimum atomic E-state index is -3.41. The molecule has 0 amide bonds. The molecule has 1 aliphatic heterocycles. The summed E-state index contributed by atoms with van der Waals surface area (Å²) in [5.41, 5.74) is 5.80. The molecule has 1 atom stereocenters. The second kappa shape index (κ2) is 6.55. The molecule has 0 aromatic heterocycles. The highest BCUT2D eigenvalue weighted by Gasteiger charge is 2.25. The number of aliphatic hydroxyl groups excluding tert-OH is 1. The molecule has 2 rings (SSSR count). The molecule has 0 bridgehead atoms. The van der Waals surface area contributed by atoms with E-state index >= 15 is 0 Å². The number of rotatable bonds is 6. The van der Waals surface area contributed by atoms with Gasteiger partial charge in [-0.3, -0.25) is 10.3 Å². The molecule has 1 aliphatic rings. The minimum Gasteiger partial charge on any atom is -0.395 e. The zero-order chi connectivity index (χ0) is 15.5. The van der Waals surface area contributed by atoms with E-state index in [0.717, 1.165) is 19.4 Å². The lowest BCUT2D eigenvalue weighted by Crippen LogP contribution is -2.35. The molecule has 0 spiro atoms. The fourth-order valence-electron chi connectivity index (χ4n) is 2.61. The summed E-state index contributed by atoms with van der Waals surface area (Å²) in [7, 11) is -3.41. The third-order valence-electron chi connectivity index (χ3n) is 3.86. The molecule has 6 nitrogen and oxygen atoms in total. The Kier molecular flexibility index (Phi) is 4.97. The van der Waals surface area contributed by atoms with Gasteiger partial charge in [0.05, 0.1) is 17.3 Å². The van der Waals surface area contributed by atoms with E-state index in [1.54, 1.807) is 12.1 Å². The van der Waals surface area contributed by atoms with Crippen LogP contribution in [-0.4, -0.2) is 55.8 Å². The summed E-state index contributed by atoms with van der Waals surface area (Å²) in [5.74, 6) is -0.142.